The molecule has 2 unspecified atom stereocenters. The first-order valence-electron chi connectivity index (χ1n) is 5.64. The van der Waals surface area contributed by atoms with Crippen molar-refractivity contribution >= 4 is 0 Å². The van der Waals surface area contributed by atoms with Gasteiger partial charge in [0.05, 0.1) is 12.2 Å². The molecule has 0 heterocycles. The van der Waals surface area contributed by atoms with E-state index >= 15 is 0 Å². The van der Waals surface area contributed by atoms with Gasteiger partial charge in [-0.15, -0.1) is 0 Å². The predicted molar refractivity (Wildman–Crippen MR) is 58.0 cm³/mol. The molecule has 0 spiro atoms. The minimum atomic E-state index is -0.682. The van der Waals surface area contributed by atoms with E-state index in [4.69, 9.17) is 0 Å². The fourth-order valence-corrected chi connectivity index (χ4v) is 2.79. The molecule has 0 aromatic heterocycles. The van der Waals surface area contributed by atoms with Crippen LogP contribution >= 0.6 is 0 Å². The summed E-state index contributed by atoms with van der Waals surface area (Å²) >= 11 is 0. The summed E-state index contributed by atoms with van der Waals surface area (Å²) in [4.78, 5) is 0. The van der Waals surface area contributed by atoms with Gasteiger partial charge in [-0.2, -0.15) is 0 Å². The van der Waals surface area contributed by atoms with E-state index in [1.807, 2.05) is 13.8 Å². The highest BCUT2D eigenvalue weighted by Crippen LogP contribution is 2.45. The summed E-state index contributed by atoms with van der Waals surface area (Å²) in [5, 5.41) is 19.9. The lowest BCUT2D eigenvalue weighted by atomic mass is 9.62. The average molecular weight is 200 g/mol. The molecule has 0 bridgehead atoms. The molecule has 1 aliphatic rings. The van der Waals surface area contributed by atoms with Crippen molar-refractivity contribution in [2.24, 2.45) is 17.3 Å². The highest BCUT2D eigenvalue weighted by Gasteiger charge is 2.46. The highest BCUT2D eigenvalue weighted by atomic mass is 16.3. The Morgan fingerprint density at radius 3 is 2.00 bits per heavy atom. The topological polar surface area (TPSA) is 40.5 Å². The van der Waals surface area contributed by atoms with Crippen molar-refractivity contribution in [1.29, 1.82) is 0 Å². The molecule has 2 atom stereocenters. The summed E-state index contributed by atoms with van der Waals surface area (Å²) in [6.45, 7) is 8.35. The van der Waals surface area contributed by atoms with Crippen LogP contribution in [0.3, 0.4) is 0 Å². The number of rotatable bonds is 2. The molecule has 0 aromatic rings. The maximum Gasteiger partial charge on any atom is 0.0725 e. The maximum absolute atomic E-state index is 10.6. The Morgan fingerprint density at radius 1 is 1.21 bits per heavy atom. The zero-order valence-electron chi connectivity index (χ0n) is 9.88. The maximum atomic E-state index is 10.6. The number of hydrogen-bond acceptors (Lipinski definition) is 2. The van der Waals surface area contributed by atoms with Gasteiger partial charge in [-0.3, -0.25) is 0 Å². The SMILES string of the molecule is CC1CC(C)CC(O)(C(C)(C)CO)C1. The molecule has 1 aliphatic carbocycles. The molecule has 0 aliphatic heterocycles. The van der Waals surface area contributed by atoms with Gasteiger partial charge < -0.3 is 10.2 Å². The Kier molecular flexibility index (Phi) is 3.27. The summed E-state index contributed by atoms with van der Waals surface area (Å²) < 4.78 is 0. The van der Waals surface area contributed by atoms with E-state index in [0.717, 1.165) is 12.8 Å². The third-order valence-corrected chi connectivity index (χ3v) is 3.83. The van der Waals surface area contributed by atoms with Crippen LogP contribution in [0.15, 0.2) is 0 Å². The minimum absolute atomic E-state index is 0.0585. The molecule has 84 valence electrons. The third-order valence-electron chi connectivity index (χ3n) is 3.83. The largest absolute Gasteiger partial charge is 0.396 e. The fraction of sp³-hybridized carbons (Fsp3) is 1.00. The molecule has 0 amide bonds. The van der Waals surface area contributed by atoms with Gasteiger partial charge in [0.15, 0.2) is 0 Å². The average Bonchev–Trinajstić information content (AvgIpc) is 2.01. The van der Waals surface area contributed by atoms with Gasteiger partial charge in [-0.05, 0) is 31.1 Å². The van der Waals surface area contributed by atoms with Crippen molar-refractivity contribution in [3.05, 3.63) is 0 Å². The lowest BCUT2D eigenvalue weighted by Gasteiger charge is -2.48. The molecule has 0 saturated heterocycles. The zero-order valence-corrected chi connectivity index (χ0v) is 9.88. The normalized spacial score (nSPS) is 39.9. The standard InChI is InChI=1S/C12H24O2/c1-9-5-10(2)7-12(14,6-9)11(3,4)8-13/h9-10,13-14H,5-8H2,1-4H3. The van der Waals surface area contributed by atoms with Crippen molar-refractivity contribution in [3.8, 4) is 0 Å². The van der Waals surface area contributed by atoms with Gasteiger partial charge in [0, 0.05) is 5.41 Å². The molecule has 2 nitrogen and oxygen atoms in total. The summed E-state index contributed by atoms with van der Waals surface area (Å²) in [5.41, 5.74) is -1.06. The number of hydrogen-bond donors (Lipinski definition) is 2. The van der Waals surface area contributed by atoms with Crippen LogP contribution in [0.25, 0.3) is 0 Å². The van der Waals surface area contributed by atoms with Gasteiger partial charge in [0.1, 0.15) is 0 Å². The van der Waals surface area contributed by atoms with E-state index in [2.05, 4.69) is 13.8 Å². The Balaban J connectivity index is 2.82. The smallest absolute Gasteiger partial charge is 0.0725 e. The van der Waals surface area contributed by atoms with Crippen LogP contribution < -0.4 is 0 Å². The lowest BCUT2D eigenvalue weighted by Crippen LogP contribution is -2.51. The predicted octanol–water partition coefficient (Wildman–Crippen LogP) is 2.19. The van der Waals surface area contributed by atoms with Crippen molar-refractivity contribution in [3.63, 3.8) is 0 Å². The van der Waals surface area contributed by atoms with Crippen molar-refractivity contribution < 1.29 is 10.2 Å². The van der Waals surface area contributed by atoms with Crippen molar-refractivity contribution in [2.75, 3.05) is 6.61 Å². The Hall–Kier alpha value is -0.0800. The van der Waals surface area contributed by atoms with E-state index < -0.39 is 5.60 Å². The number of aliphatic hydroxyl groups excluding tert-OH is 1. The van der Waals surface area contributed by atoms with Gasteiger partial charge >= 0.3 is 0 Å². The molecule has 2 N–H and O–H groups in total. The molecular formula is C12H24O2. The summed E-state index contributed by atoms with van der Waals surface area (Å²) in [6.07, 6.45) is 2.85. The molecule has 1 rings (SSSR count). The molecule has 14 heavy (non-hydrogen) atoms. The van der Waals surface area contributed by atoms with Gasteiger partial charge in [0.25, 0.3) is 0 Å². The lowest BCUT2D eigenvalue weighted by molar-refractivity contribution is -0.133. The van der Waals surface area contributed by atoms with E-state index in [1.165, 1.54) is 6.42 Å². The van der Waals surface area contributed by atoms with E-state index in [-0.39, 0.29) is 12.0 Å². The molecule has 2 heteroatoms. The molecule has 1 saturated carbocycles. The van der Waals surface area contributed by atoms with Crippen LogP contribution in [-0.4, -0.2) is 22.4 Å². The van der Waals surface area contributed by atoms with Gasteiger partial charge in [-0.1, -0.05) is 27.7 Å². The first kappa shape index (κ1) is 12.0. The Morgan fingerprint density at radius 2 is 1.64 bits per heavy atom. The highest BCUT2D eigenvalue weighted by molar-refractivity contribution is 4.97. The Labute approximate surface area is 87.3 Å². The first-order valence-corrected chi connectivity index (χ1v) is 5.64. The third kappa shape index (κ3) is 2.12. The molecule has 0 aromatic carbocycles. The van der Waals surface area contributed by atoms with Crippen LogP contribution in [0.1, 0.15) is 47.0 Å². The van der Waals surface area contributed by atoms with Crippen molar-refractivity contribution in [2.45, 2.75) is 52.6 Å². The van der Waals surface area contributed by atoms with E-state index in [1.54, 1.807) is 0 Å². The molecule has 0 radical (unpaired) electrons. The summed E-state index contributed by atoms with van der Waals surface area (Å²) in [7, 11) is 0. The first-order chi connectivity index (χ1) is 6.31. The van der Waals surface area contributed by atoms with Crippen LogP contribution in [0.2, 0.25) is 0 Å². The minimum Gasteiger partial charge on any atom is -0.396 e. The number of aliphatic hydroxyl groups is 2. The quantitative estimate of drug-likeness (QED) is 0.717. The summed E-state index contributed by atoms with van der Waals surface area (Å²) in [5.74, 6) is 1.13. The second-order valence-corrected chi connectivity index (χ2v) is 5.93. The van der Waals surface area contributed by atoms with Crippen LogP contribution in [-0.2, 0) is 0 Å². The molecule has 1 fully saturated rings. The second-order valence-electron chi connectivity index (χ2n) is 5.93. The van der Waals surface area contributed by atoms with Gasteiger partial charge in [-0.25, -0.2) is 0 Å². The zero-order chi connectivity index (χ0) is 11.0. The molecular weight excluding hydrogens is 176 g/mol. The monoisotopic (exact) mass is 200 g/mol. The second kappa shape index (κ2) is 3.82. The van der Waals surface area contributed by atoms with E-state index in [0.29, 0.717) is 11.8 Å². The Bertz CT molecular complexity index is 188. The van der Waals surface area contributed by atoms with E-state index in [9.17, 15) is 10.2 Å². The van der Waals surface area contributed by atoms with Crippen molar-refractivity contribution in [1.82, 2.24) is 0 Å². The van der Waals surface area contributed by atoms with Crippen LogP contribution in [0, 0.1) is 17.3 Å². The van der Waals surface area contributed by atoms with Crippen LogP contribution in [0.4, 0.5) is 0 Å². The fourth-order valence-electron chi connectivity index (χ4n) is 2.79. The van der Waals surface area contributed by atoms with Gasteiger partial charge in [0.2, 0.25) is 0 Å². The summed E-state index contributed by atoms with van der Waals surface area (Å²) in [6, 6.07) is 0. The van der Waals surface area contributed by atoms with Crippen LogP contribution in [0.5, 0.6) is 0 Å².